The van der Waals surface area contributed by atoms with E-state index in [4.69, 9.17) is 0 Å². The zero-order valence-electron chi connectivity index (χ0n) is 23.0. The van der Waals surface area contributed by atoms with E-state index < -0.39 is 41.7 Å². The lowest BCUT2D eigenvalue weighted by molar-refractivity contribution is -0.150. The largest absolute Gasteiger partial charge is 0.465 e. The van der Waals surface area contributed by atoms with Crippen LogP contribution in [0.3, 0.4) is 0 Å². The molecule has 0 fully saturated rings. The van der Waals surface area contributed by atoms with Crippen LogP contribution in [0.2, 0.25) is 0 Å². The minimum Gasteiger partial charge on any atom is -0.465 e. The highest BCUT2D eigenvalue weighted by Gasteiger charge is 2.34. The molecule has 0 aromatic heterocycles. The number of nitrogens with zero attached hydrogens (tertiary/aromatic N) is 2. The molecule has 2 atom stereocenters. The Labute approximate surface area is 219 Å². The molecule has 4 amide bonds. The van der Waals surface area contributed by atoms with Crippen molar-refractivity contribution in [2.24, 2.45) is 17.8 Å². The summed E-state index contributed by atoms with van der Waals surface area (Å²) in [5.74, 6) is -2.84. The van der Waals surface area contributed by atoms with Gasteiger partial charge in [0, 0.05) is 20.0 Å². The highest BCUT2D eigenvalue weighted by atomic mass is 16.4. The number of carbonyl (C=O) groups is 5. The molecule has 0 spiro atoms. The molecule has 3 N–H and O–H groups in total. The quantitative estimate of drug-likeness (QED) is 0.271. The first kappa shape index (κ1) is 31.6. The first-order valence-corrected chi connectivity index (χ1v) is 12.7. The van der Waals surface area contributed by atoms with E-state index in [1.165, 1.54) is 0 Å². The Morgan fingerprint density at radius 3 is 1.86 bits per heavy atom. The topological polar surface area (TPSA) is 136 Å². The van der Waals surface area contributed by atoms with Crippen molar-refractivity contribution in [3.63, 3.8) is 0 Å². The van der Waals surface area contributed by atoms with Gasteiger partial charge in [-0.25, -0.2) is 9.80 Å². The van der Waals surface area contributed by atoms with Gasteiger partial charge in [0.2, 0.25) is 11.7 Å². The molecule has 37 heavy (non-hydrogen) atoms. The van der Waals surface area contributed by atoms with Crippen LogP contribution in [0.5, 0.6) is 0 Å². The van der Waals surface area contributed by atoms with E-state index in [1.54, 1.807) is 24.3 Å². The first-order valence-electron chi connectivity index (χ1n) is 12.7. The summed E-state index contributed by atoms with van der Waals surface area (Å²) in [5.41, 5.74) is 3.22. The van der Waals surface area contributed by atoms with E-state index in [0.717, 1.165) is 22.4 Å². The number of benzene rings is 1. The number of hydrogen-bond donors (Lipinski definition) is 3. The van der Waals surface area contributed by atoms with Crippen LogP contribution in [0, 0.1) is 17.8 Å². The fourth-order valence-electron chi connectivity index (χ4n) is 3.83. The first-order chi connectivity index (χ1) is 17.2. The summed E-state index contributed by atoms with van der Waals surface area (Å²) >= 11 is 0. The van der Waals surface area contributed by atoms with Crippen molar-refractivity contribution in [3.05, 3.63) is 35.9 Å². The predicted molar refractivity (Wildman–Crippen MR) is 140 cm³/mol. The number of carbonyl (C=O) groups excluding carboxylic acids is 4. The van der Waals surface area contributed by atoms with Gasteiger partial charge in [-0.3, -0.25) is 29.5 Å². The lowest BCUT2D eigenvalue weighted by Gasteiger charge is -2.32. The second-order valence-electron chi connectivity index (χ2n) is 10.6. The predicted octanol–water partition coefficient (Wildman–Crippen LogP) is 3.22. The highest BCUT2D eigenvalue weighted by Crippen LogP contribution is 2.17. The minimum atomic E-state index is -1.25. The average molecular weight is 519 g/mol. The summed E-state index contributed by atoms with van der Waals surface area (Å²) in [6, 6.07) is 6.90. The smallest absolute Gasteiger partial charge is 0.408 e. The second-order valence-corrected chi connectivity index (χ2v) is 10.6. The fraction of sp³-hybridized carbons (Fsp3) is 0.593. The van der Waals surface area contributed by atoms with E-state index in [1.807, 2.05) is 47.6 Å². The van der Waals surface area contributed by atoms with Crippen LogP contribution < -0.4 is 10.7 Å². The molecule has 0 saturated heterocycles. The van der Waals surface area contributed by atoms with Crippen molar-refractivity contribution in [3.8, 4) is 0 Å². The monoisotopic (exact) mass is 518 g/mol. The number of Topliss-reactive ketones (excluding diaryl/α,β-unsaturated/α-hetero) is 1. The van der Waals surface area contributed by atoms with Gasteiger partial charge in [-0.1, -0.05) is 71.9 Å². The third kappa shape index (κ3) is 11.0. The number of ketones is 1. The van der Waals surface area contributed by atoms with E-state index in [0.29, 0.717) is 0 Å². The van der Waals surface area contributed by atoms with Gasteiger partial charge >= 0.3 is 12.0 Å². The second kappa shape index (κ2) is 15.0. The van der Waals surface area contributed by atoms with Gasteiger partial charge in [-0.05, 0) is 36.2 Å². The SMILES string of the molecule is CC(=O)C(=O)N(CC(C)C)NC(=O)C(CC(C)C)NC(=O)C(CC(C)C)N(Cc1ccccc1)C(=O)O. The van der Waals surface area contributed by atoms with Crippen molar-refractivity contribution < 1.29 is 29.1 Å². The third-order valence-electron chi connectivity index (χ3n) is 5.49. The number of amides is 4. The van der Waals surface area contributed by atoms with E-state index in [-0.39, 0.29) is 43.7 Å². The van der Waals surface area contributed by atoms with Gasteiger partial charge in [-0.2, -0.15) is 0 Å². The molecule has 0 heterocycles. The molecule has 10 nitrogen and oxygen atoms in total. The van der Waals surface area contributed by atoms with Crippen LogP contribution in [0.15, 0.2) is 30.3 Å². The lowest BCUT2D eigenvalue weighted by Crippen LogP contribution is -2.59. The van der Waals surface area contributed by atoms with Gasteiger partial charge in [0.1, 0.15) is 12.1 Å². The van der Waals surface area contributed by atoms with Crippen LogP contribution in [-0.4, -0.2) is 63.2 Å². The van der Waals surface area contributed by atoms with Crippen LogP contribution in [0.4, 0.5) is 4.79 Å². The van der Waals surface area contributed by atoms with Crippen molar-refractivity contribution >= 4 is 29.6 Å². The summed E-state index contributed by atoms with van der Waals surface area (Å²) in [4.78, 5) is 64.0. The van der Waals surface area contributed by atoms with E-state index in [2.05, 4.69) is 10.7 Å². The van der Waals surface area contributed by atoms with Crippen LogP contribution in [-0.2, 0) is 25.7 Å². The Bertz CT molecular complexity index is 932. The van der Waals surface area contributed by atoms with Crippen molar-refractivity contribution in [2.75, 3.05) is 6.54 Å². The lowest BCUT2D eigenvalue weighted by atomic mass is 9.99. The third-order valence-corrected chi connectivity index (χ3v) is 5.49. The number of hydrazine groups is 1. The van der Waals surface area contributed by atoms with E-state index in [9.17, 15) is 29.1 Å². The summed E-state index contributed by atoms with van der Waals surface area (Å²) in [6.07, 6.45) is -0.741. The summed E-state index contributed by atoms with van der Waals surface area (Å²) in [7, 11) is 0. The number of nitrogens with one attached hydrogen (secondary N) is 2. The number of hydrogen-bond acceptors (Lipinski definition) is 5. The molecular weight excluding hydrogens is 476 g/mol. The maximum Gasteiger partial charge on any atom is 0.408 e. The molecule has 0 saturated carbocycles. The Morgan fingerprint density at radius 2 is 1.41 bits per heavy atom. The van der Waals surface area contributed by atoms with Crippen LogP contribution >= 0.6 is 0 Å². The van der Waals surface area contributed by atoms with Crippen molar-refractivity contribution in [2.45, 2.75) is 79.9 Å². The minimum absolute atomic E-state index is 0.000435. The van der Waals surface area contributed by atoms with Gasteiger partial charge in [0.05, 0.1) is 0 Å². The molecule has 0 aliphatic rings. The Balaban J connectivity index is 3.22. The standard InChI is InChI=1S/C27H42N4O6/c1-17(2)13-22(24(33)29-31(15-19(5)6)26(35)20(7)32)28-25(34)23(14-18(3)4)30(27(36)37)16-21-11-9-8-10-12-21/h8-12,17-19,22-23H,13-16H2,1-7H3,(H,28,34)(H,29,33)(H,36,37). The van der Waals surface area contributed by atoms with Gasteiger partial charge in [0.25, 0.3) is 5.91 Å². The van der Waals surface area contributed by atoms with Crippen molar-refractivity contribution in [1.29, 1.82) is 0 Å². The summed E-state index contributed by atoms with van der Waals surface area (Å²) < 4.78 is 0. The normalized spacial score (nSPS) is 12.7. The number of carboxylic acid groups (broad SMARTS) is 1. The zero-order chi connectivity index (χ0) is 28.3. The van der Waals surface area contributed by atoms with Gasteiger partial charge in [0.15, 0.2) is 0 Å². The maximum absolute atomic E-state index is 13.5. The molecule has 1 rings (SSSR count). The van der Waals surface area contributed by atoms with Gasteiger partial charge in [-0.15, -0.1) is 0 Å². The zero-order valence-corrected chi connectivity index (χ0v) is 23.0. The molecule has 1 aromatic rings. The molecule has 0 radical (unpaired) electrons. The Kier molecular flexibility index (Phi) is 12.8. The van der Waals surface area contributed by atoms with Crippen LogP contribution in [0.1, 0.15) is 66.9 Å². The number of rotatable bonds is 13. The molecule has 0 aliphatic heterocycles. The molecular formula is C27H42N4O6. The summed E-state index contributed by atoms with van der Waals surface area (Å²) in [6.45, 7) is 12.5. The van der Waals surface area contributed by atoms with Gasteiger partial charge < -0.3 is 10.4 Å². The van der Waals surface area contributed by atoms with Crippen LogP contribution in [0.25, 0.3) is 0 Å². The molecule has 0 bridgehead atoms. The molecule has 206 valence electrons. The summed E-state index contributed by atoms with van der Waals surface area (Å²) in [5, 5.41) is 13.7. The molecule has 10 heteroatoms. The molecule has 1 aromatic carbocycles. The Morgan fingerprint density at radius 1 is 0.838 bits per heavy atom. The maximum atomic E-state index is 13.5. The molecule has 2 unspecified atom stereocenters. The van der Waals surface area contributed by atoms with E-state index >= 15 is 0 Å². The highest BCUT2D eigenvalue weighted by molar-refractivity contribution is 6.35. The average Bonchev–Trinajstić information content (AvgIpc) is 2.79. The fourth-order valence-corrected chi connectivity index (χ4v) is 3.83. The molecule has 0 aliphatic carbocycles. The Hall–Kier alpha value is -3.43. The van der Waals surface area contributed by atoms with Crippen molar-refractivity contribution in [1.82, 2.24) is 20.7 Å².